The van der Waals surface area contributed by atoms with Crippen molar-refractivity contribution < 1.29 is 13.3 Å². The maximum absolute atomic E-state index is 12.7. The largest absolute Gasteiger partial charge is 0.295 e. The fourth-order valence-electron chi connectivity index (χ4n) is 3.40. The second-order valence-electron chi connectivity index (χ2n) is 7.38. The summed E-state index contributed by atoms with van der Waals surface area (Å²) in [5.41, 5.74) is 4.13. The van der Waals surface area contributed by atoms with E-state index in [1.807, 2.05) is 42.5 Å². The number of hydrogen-bond acceptors (Lipinski definition) is 6. The molecule has 0 saturated carbocycles. The van der Waals surface area contributed by atoms with Crippen LogP contribution in [0.1, 0.15) is 12.5 Å². The van der Waals surface area contributed by atoms with Crippen molar-refractivity contribution in [2.45, 2.75) is 11.8 Å². The molecule has 4 aromatic carbocycles. The summed E-state index contributed by atoms with van der Waals surface area (Å²) in [6.45, 7) is 1.79. The van der Waals surface area contributed by atoms with Gasteiger partial charge in [0.1, 0.15) is 5.69 Å². The zero-order valence-corrected chi connectivity index (χ0v) is 19.5. The van der Waals surface area contributed by atoms with Crippen LogP contribution < -0.4 is 10.1 Å². The second kappa shape index (κ2) is 9.50. The highest BCUT2D eigenvalue weighted by Gasteiger charge is 2.22. The third-order valence-corrected chi connectivity index (χ3v) is 6.73. The Morgan fingerprint density at radius 1 is 0.971 bits per heavy atom. The van der Waals surface area contributed by atoms with Crippen LogP contribution in [0.3, 0.4) is 0 Å². The lowest BCUT2D eigenvalue weighted by molar-refractivity contribution is -0.384. The lowest BCUT2D eigenvalue weighted by atomic mass is 10.0. The normalized spacial score (nSPS) is 11.9. The molecule has 0 radical (unpaired) electrons. The van der Waals surface area contributed by atoms with Crippen molar-refractivity contribution in [3.8, 4) is 0 Å². The van der Waals surface area contributed by atoms with Gasteiger partial charge in [-0.15, -0.1) is 0 Å². The summed E-state index contributed by atoms with van der Waals surface area (Å²) in [5, 5.41) is 18.5. The van der Waals surface area contributed by atoms with Gasteiger partial charge in [-0.05, 0) is 54.1 Å². The van der Waals surface area contributed by atoms with Crippen LogP contribution in [0, 0.1) is 10.1 Å². The molecular weight excluding hydrogens is 476 g/mol. The van der Waals surface area contributed by atoms with Crippen molar-refractivity contribution >= 4 is 55.2 Å². The molecule has 0 amide bonds. The van der Waals surface area contributed by atoms with Gasteiger partial charge >= 0.3 is 0 Å². The first kappa shape index (κ1) is 23.2. The highest BCUT2D eigenvalue weighted by Crippen LogP contribution is 2.29. The van der Waals surface area contributed by atoms with Crippen LogP contribution in [0.25, 0.3) is 10.8 Å². The lowest BCUT2D eigenvalue weighted by Gasteiger charge is -2.10. The molecule has 0 aliphatic heterocycles. The third kappa shape index (κ3) is 5.00. The van der Waals surface area contributed by atoms with Crippen LogP contribution in [-0.2, 0) is 10.0 Å². The maximum Gasteiger partial charge on any atom is 0.295 e. The molecule has 172 valence electrons. The van der Waals surface area contributed by atoms with E-state index in [1.54, 1.807) is 6.92 Å². The SMILES string of the molecule is CC(=NNc1ccc(S(=O)(=O)Nc2ccc(Cl)cc2)cc1[N+](=O)[O-])c1cccc2ccccc12. The molecule has 0 atom stereocenters. The van der Waals surface area contributed by atoms with E-state index in [0.717, 1.165) is 22.4 Å². The number of nitrogens with one attached hydrogen (secondary N) is 2. The summed E-state index contributed by atoms with van der Waals surface area (Å²) in [6.07, 6.45) is 0. The molecule has 0 saturated heterocycles. The summed E-state index contributed by atoms with van der Waals surface area (Å²) in [5.74, 6) is 0. The molecule has 0 bridgehead atoms. The molecule has 8 nitrogen and oxygen atoms in total. The molecule has 0 aliphatic carbocycles. The molecule has 0 fully saturated rings. The van der Waals surface area contributed by atoms with Crippen LogP contribution in [0.2, 0.25) is 5.02 Å². The monoisotopic (exact) mass is 494 g/mol. The first-order valence-corrected chi connectivity index (χ1v) is 12.0. The van der Waals surface area contributed by atoms with Crippen molar-refractivity contribution in [1.82, 2.24) is 0 Å². The Labute approximate surface area is 201 Å². The van der Waals surface area contributed by atoms with Gasteiger partial charge in [0, 0.05) is 22.3 Å². The number of benzene rings is 4. The molecule has 0 heterocycles. The second-order valence-corrected chi connectivity index (χ2v) is 9.50. The predicted molar refractivity (Wildman–Crippen MR) is 135 cm³/mol. The third-order valence-electron chi connectivity index (χ3n) is 5.10. The minimum Gasteiger partial charge on any atom is -0.280 e. The summed E-state index contributed by atoms with van der Waals surface area (Å²) in [7, 11) is -4.06. The van der Waals surface area contributed by atoms with Gasteiger partial charge in [-0.2, -0.15) is 5.10 Å². The van der Waals surface area contributed by atoms with E-state index in [-0.39, 0.29) is 16.3 Å². The summed E-state index contributed by atoms with van der Waals surface area (Å²) in [6, 6.07) is 23.3. The molecule has 0 aromatic heterocycles. The highest BCUT2D eigenvalue weighted by molar-refractivity contribution is 7.92. The number of hydrazone groups is 1. The minimum atomic E-state index is -4.06. The number of nitrogens with zero attached hydrogens (tertiary/aromatic N) is 2. The Bertz CT molecular complexity index is 1510. The average Bonchev–Trinajstić information content (AvgIpc) is 2.83. The molecule has 0 aliphatic rings. The Morgan fingerprint density at radius 3 is 2.41 bits per heavy atom. The van der Waals surface area contributed by atoms with E-state index in [2.05, 4.69) is 15.2 Å². The Hall–Kier alpha value is -3.95. The summed E-state index contributed by atoms with van der Waals surface area (Å²) < 4.78 is 27.8. The average molecular weight is 495 g/mol. The van der Waals surface area contributed by atoms with Crippen molar-refractivity contribution in [2.75, 3.05) is 10.1 Å². The van der Waals surface area contributed by atoms with E-state index in [4.69, 9.17) is 11.6 Å². The fourth-order valence-corrected chi connectivity index (χ4v) is 4.61. The number of anilines is 2. The predicted octanol–water partition coefficient (Wildman–Crippen LogP) is 6.04. The van der Waals surface area contributed by atoms with Gasteiger partial charge in [0.15, 0.2) is 0 Å². The van der Waals surface area contributed by atoms with Crippen LogP contribution in [-0.4, -0.2) is 19.1 Å². The molecule has 0 spiro atoms. The minimum absolute atomic E-state index is 0.0648. The van der Waals surface area contributed by atoms with Crippen molar-refractivity contribution in [1.29, 1.82) is 0 Å². The molecule has 4 aromatic rings. The Kier molecular flexibility index (Phi) is 6.49. The van der Waals surface area contributed by atoms with Gasteiger partial charge in [-0.3, -0.25) is 20.3 Å². The standard InChI is InChI=1S/C24H19ClN4O4S/c1-16(21-8-4-6-17-5-2-3-7-22(17)21)26-27-23-14-13-20(15-24(23)29(30)31)34(32,33)28-19-11-9-18(25)10-12-19/h2-15,27-28H,1H3. The first-order chi connectivity index (χ1) is 16.2. The van der Waals surface area contributed by atoms with E-state index < -0.39 is 20.6 Å². The van der Waals surface area contributed by atoms with Gasteiger partial charge < -0.3 is 0 Å². The topological polar surface area (TPSA) is 114 Å². The van der Waals surface area contributed by atoms with Gasteiger partial charge in [0.25, 0.3) is 15.7 Å². The summed E-state index contributed by atoms with van der Waals surface area (Å²) >= 11 is 5.82. The van der Waals surface area contributed by atoms with E-state index in [1.165, 1.54) is 36.4 Å². The summed E-state index contributed by atoms with van der Waals surface area (Å²) in [4.78, 5) is 10.8. The van der Waals surface area contributed by atoms with Crippen molar-refractivity contribution in [3.63, 3.8) is 0 Å². The smallest absolute Gasteiger partial charge is 0.280 e. The maximum atomic E-state index is 12.7. The van der Waals surface area contributed by atoms with Crippen LogP contribution in [0.5, 0.6) is 0 Å². The number of fused-ring (bicyclic) bond motifs is 1. The quantitative estimate of drug-likeness (QED) is 0.185. The van der Waals surface area contributed by atoms with Gasteiger partial charge in [0.05, 0.1) is 15.5 Å². The fraction of sp³-hybridized carbons (Fsp3) is 0.0417. The van der Waals surface area contributed by atoms with Crippen LogP contribution in [0.4, 0.5) is 17.1 Å². The van der Waals surface area contributed by atoms with E-state index in [0.29, 0.717) is 10.7 Å². The number of nitro groups is 1. The number of sulfonamides is 1. The highest BCUT2D eigenvalue weighted by atomic mass is 35.5. The zero-order chi connectivity index (χ0) is 24.3. The zero-order valence-electron chi connectivity index (χ0n) is 17.9. The van der Waals surface area contributed by atoms with Gasteiger partial charge in [-0.1, -0.05) is 54.1 Å². The number of rotatable bonds is 7. The number of hydrogen-bond donors (Lipinski definition) is 2. The number of nitro benzene ring substituents is 1. The molecule has 10 heteroatoms. The van der Waals surface area contributed by atoms with Gasteiger partial charge in [-0.25, -0.2) is 8.42 Å². The van der Waals surface area contributed by atoms with Crippen molar-refractivity contribution in [2.24, 2.45) is 5.10 Å². The van der Waals surface area contributed by atoms with Crippen LogP contribution in [0.15, 0.2) is 94.9 Å². The Balaban J connectivity index is 1.63. The van der Waals surface area contributed by atoms with E-state index >= 15 is 0 Å². The molecular formula is C24H19ClN4O4S. The molecule has 2 N–H and O–H groups in total. The van der Waals surface area contributed by atoms with Gasteiger partial charge in [0.2, 0.25) is 0 Å². The van der Waals surface area contributed by atoms with E-state index in [9.17, 15) is 18.5 Å². The first-order valence-electron chi connectivity index (χ1n) is 10.1. The molecule has 0 unspecified atom stereocenters. The number of halogens is 1. The molecule has 34 heavy (non-hydrogen) atoms. The lowest BCUT2D eigenvalue weighted by Crippen LogP contribution is -2.13. The van der Waals surface area contributed by atoms with Crippen molar-refractivity contribution in [3.05, 3.63) is 106 Å². The van der Waals surface area contributed by atoms with Crippen LogP contribution >= 0.6 is 11.6 Å². The Morgan fingerprint density at radius 2 is 1.68 bits per heavy atom. The molecule has 4 rings (SSSR count).